The van der Waals surface area contributed by atoms with Crippen LogP contribution in [0.3, 0.4) is 0 Å². The van der Waals surface area contributed by atoms with Gasteiger partial charge in [0, 0.05) is 31.3 Å². The molecule has 4 rings (SSSR count). The maximum atomic E-state index is 12.4. The van der Waals surface area contributed by atoms with Crippen LogP contribution in [0.15, 0.2) is 47.1 Å². The predicted octanol–water partition coefficient (Wildman–Crippen LogP) is 2.49. The molecule has 1 amide bonds. The Kier molecular flexibility index (Phi) is 6.00. The van der Waals surface area contributed by atoms with Gasteiger partial charge in [-0.1, -0.05) is 23.4 Å². The number of piperidine rings is 1. The van der Waals surface area contributed by atoms with Gasteiger partial charge in [-0.3, -0.25) is 9.48 Å². The van der Waals surface area contributed by atoms with Crippen molar-refractivity contribution in [3.63, 3.8) is 0 Å². The number of carbonyl (C=O) groups excluding carboxylic acids is 1. The molecule has 1 fully saturated rings. The zero-order chi connectivity index (χ0) is 20.1. The van der Waals surface area contributed by atoms with Gasteiger partial charge < -0.3 is 14.2 Å². The Morgan fingerprint density at radius 1 is 1.21 bits per heavy atom. The minimum absolute atomic E-state index is 0.104. The molecule has 2 aromatic heterocycles. The fraction of sp³-hybridized carbons (Fsp3) is 0.429. The lowest BCUT2D eigenvalue weighted by Crippen LogP contribution is -2.42. The van der Waals surface area contributed by atoms with E-state index < -0.39 is 0 Å². The Morgan fingerprint density at radius 3 is 2.72 bits per heavy atom. The van der Waals surface area contributed by atoms with E-state index in [0.717, 1.165) is 24.1 Å². The summed E-state index contributed by atoms with van der Waals surface area (Å²) >= 11 is 0. The fourth-order valence-corrected chi connectivity index (χ4v) is 3.43. The Balaban J connectivity index is 1.18. The molecule has 3 heterocycles. The summed E-state index contributed by atoms with van der Waals surface area (Å²) < 4.78 is 13.0. The Bertz CT molecular complexity index is 929. The van der Waals surface area contributed by atoms with Crippen molar-refractivity contribution >= 4 is 5.91 Å². The van der Waals surface area contributed by atoms with Gasteiger partial charge in [0.05, 0.1) is 18.4 Å². The van der Waals surface area contributed by atoms with E-state index in [-0.39, 0.29) is 12.0 Å². The highest BCUT2D eigenvalue weighted by Crippen LogP contribution is 2.17. The van der Waals surface area contributed by atoms with Gasteiger partial charge in [-0.25, -0.2) is 0 Å². The lowest BCUT2D eigenvalue weighted by atomic mass is 10.1. The van der Waals surface area contributed by atoms with Crippen LogP contribution < -0.4 is 0 Å². The van der Waals surface area contributed by atoms with Gasteiger partial charge >= 0.3 is 0 Å². The van der Waals surface area contributed by atoms with Crippen LogP contribution in [0, 0.1) is 6.92 Å². The highest BCUT2D eigenvalue weighted by Gasteiger charge is 2.23. The molecule has 0 N–H and O–H groups in total. The molecule has 1 aliphatic heterocycles. The monoisotopic (exact) mass is 395 g/mol. The van der Waals surface area contributed by atoms with E-state index in [2.05, 4.69) is 15.2 Å². The van der Waals surface area contributed by atoms with E-state index >= 15 is 0 Å². The summed E-state index contributed by atoms with van der Waals surface area (Å²) in [7, 11) is 0. The van der Waals surface area contributed by atoms with Crippen LogP contribution in [0.2, 0.25) is 0 Å². The molecule has 0 spiro atoms. The van der Waals surface area contributed by atoms with Crippen molar-refractivity contribution in [3.8, 4) is 11.5 Å². The summed E-state index contributed by atoms with van der Waals surface area (Å²) in [5.74, 6) is 1.28. The molecule has 3 aromatic rings. The number of nitrogens with zero attached hydrogens (tertiary/aromatic N) is 5. The first kappa shape index (κ1) is 19.3. The number of likely N-dealkylation sites (tertiary alicyclic amines) is 1. The maximum absolute atomic E-state index is 12.4. The number of amides is 1. The van der Waals surface area contributed by atoms with Crippen molar-refractivity contribution in [1.29, 1.82) is 0 Å². The summed E-state index contributed by atoms with van der Waals surface area (Å²) in [6.45, 7) is 4.18. The molecule has 1 aliphatic rings. The summed E-state index contributed by atoms with van der Waals surface area (Å²) in [4.78, 5) is 18.7. The third-order valence-electron chi connectivity index (χ3n) is 5.03. The summed E-state index contributed by atoms with van der Waals surface area (Å²) in [5.41, 5.74) is 1.83. The normalized spacial score (nSPS) is 15.0. The van der Waals surface area contributed by atoms with Gasteiger partial charge in [0.2, 0.25) is 5.91 Å². The molecule has 1 saturated heterocycles. The second-order valence-electron chi connectivity index (χ2n) is 7.24. The molecule has 8 heteroatoms. The van der Waals surface area contributed by atoms with Crippen LogP contribution in [0.4, 0.5) is 0 Å². The van der Waals surface area contributed by atoms with Crippen molar-refractivity contribution in [1.82, 2.24) is 24.8 Å². The van der Waals surface area contributed by atoms with Crippen LogP contribution in [0.1, 0.15) is 24.4 Å². The fourth-order valence-electron chi connectivity index (χ4n) is 3.43. The van der Waals surface area contributed by atoms with E-state index in [4.69, 9.17) is 9.26 Å². The third kappa shape index (κ3) is 5.08. The van der Waals surface area contributed by atoms with Crippen LogP contribution in [-0.4, -0.2) is 56.5 Å². The minimum Gasteiger partial charge on any atom is -0.378 e. The average Bonchev–Trinajstić information content (AvgIpc) is 3.38. The standard InChI is InChI=1S/C21H25N5O3/c1-16-7-13-26(23-16)15-20(27)25-11-8-18(9-12-25)28-14-10-19-22-21(29-24-19)17-5-3-2-4-6-17/h2-7,13,18H,8-12,14-15H2,1H3. The van der Waals surface area contributed by atoms with Gasteiger partial charge in [0.25, 0.3) is 5.89 Å². The zero-order valence-electron chi connectivity index (χ0n) is 16.5. The molecule has 1 aromatic carbocycles. The van der Waals surface area contributed by atoms with E-state index in [1.165, 1.54) is 0 Å². The number of carbonyl (C=O) groups is 1. The first-order valence-corrected chi connectivity index (χ1v) is 9.95. The molecule has 152 valence electrons. The van der Waals surface area contributed by atoms with Gasteiger partial charge in [-0.2, -0.15) is 10.1 Å². The molecule has 0 radical (unpaired) electrons. The largest absolute Gasteiger partial charge is 0.378 e. The van der Waals surface area contributed by atoms with Crippen LogP contribution in [-0.2, 0) is 22.5 Å². The second kappa shape index (κ2) is 9.00. The summed E-state index contributed by atoms with van der Waals surface area (Å²) in [5, 5.41) is 8.30. The van der Waals surface area contributed by atoms with E-state index in [0.29, 0.717) is 44.4 Å². The minimum atomic E-state index is 0.104. The smallest absolute Gasteiger partial charge is 0.257 e. The first-order chi connectivity index (χ1) is 14.2. The van der Waals surface area contributed by atoms with E-state index in [1.807, 2.05) is 54.4 Å². The van der Waals surface area contributed by atoms with Gasteiger partial charge in [0.15, 0.2) is 5.82 Å². The molecule has 0 aliphatic carbocycles. The van der Waals surface area contributed by atoms with Crippen LogP contribution in [0.5, 0.6) is 0 Å². The Morgan fingerprint density at radius 2 is 2.00 bits per heavy atom. The topological polar surface area (TPSA) is 86.3 Å². The number of aromatic nitrogens is 4. The first-order valence-electron chi connectivity index (χ1n) is 9.95. The van der Waals surface area contributed by atoms with Gasteiger partial charge in [0.1, 0.15) is 6.54 Å². The van der Waals surface area contributed by atoms with Crippen molar-refractivity contribution < 1.29 is 14.1 Å². The molecule has 0 atom stereocenters. The number of hydrogen-bond acceptors (Lipinski definition) is 6. The molecular weight excluding hydrogens is 370 g/mol. The average molecular weight is 395 g/mol. The molecule has 0 bridgehead atoms. The predicted molar refractivity (Wildman–Crippen MR) is 106 cm³/mol. The number of aryl methyl sites for hydroxylation is 1. The van der Waals surface area contributed by atoms with Crippen molar-refractivity contribution in [2.75, 3.05) is 19.7 Å². The van der Waals surface area contributed by atoms with Crippen LogP contribution in [0.25, 0.3) is 11.5 Å². The third-order valence-corrected chi connectivity index (χ3v) is 5.03. The highest BCUT2D eigenvalue weighted by molar-refractivity contribution is 5.76. The van der Waals surface area contributed by atoms with Crippen LogP contribution >= 0.6 is 0 Å². The molecular formula is C21H25N5O3. The van der Waals surface area contributed by atoms with E-state index in [1.54, 1.807) is 4.68 Å². The maximum Gasteiger partial charge on any atom is 0.257 e. The number of rotatable bonds is 7. The molecule has 8 nitrogen and oxygen atoms in total. The quantitative estimate of drug-likeness (QED) is 0.611. The van der Waals surface area contributed by atoms with Crippen molar-refractivity contribution in [2.45, 2.75) is 38.8 Å². The Labute approximate surface area is 169 Å². The number of benzene rings is 1. The Hall–Kier alpha value is -3.00. The zero-order valence-corrected chi connectivity index (χ0v) is 16.5. The summed E-state index contributed by atoms with van der Waals surface area (Å²) in [6, 6.07) is 11.6. The van der Waals surface area contributed by atoms with E-state index in [9.17, 15) is 4.79 Å². The molecule has 29 heavy (non-hydrogen) atoms. The van der Waals surface area contributed by atoms with Gasteiger partial charge in [-0.05, 0) is 38.0 Å². The van der Waals surface area contributed by atoms with Crippen molar-refractivity contribution in [2.24, 2.45) is 0 Å². The van der Waals surface area contributed by atoms with Gasteiger partial charge in [-0.15, -0.1) is 0 Å². The van der Waals surface area contributed by atoms with Crippen molar-refractivity contribution in [3.05, 3.63) is 54.1 Å². The lowest BCUT2D eigenvalue weighted by Gasteiger charge is -2.32. The number of ether oxygens (including phenoxy) is 1. The number of hydrogen-bond donors (Lipinski definition) is 0. The molecule has 0 unspecified atom stereocenters. The molecule has 0 saturated carbocycles. The summed E-state index contributed by atoms with van der Waals surface area (Å²) in [6.07, 6.45) is 4.28. The SMILES string of the molecule is Cc1ccn(CC(=O)N2CCC(OCCc3noc(-c4ccccc4)n3)CC2)n1. The second-order valence-corrected chi connectivity index (χ2v) is 7.24. The lowest BCUT2D eigenvalue weighted by molar-refractivity contribution is -0.134. The highest BCUT2D eigenvalue weighted by atomic mass is 16.5.